The highest BCUT2D eigenvalue weighted by atomic mass is 79.9. The van der Waals surface area contributed by atoms with Crippen molar-refractivity contribution >= 4 is 15.9 Å². The molecule has 0 radical (unpaired) electrons. The zero-order chi connectivity index (χ0) is 10.9. The fourth-order valence-electron chi connectivity index (χ4n) is 2.44. The van der Waals surface area contributed by atoms with Gasteiger partial charge in [-0.1, -0.05) is 40.9 Å². The van der Waals surface area contributed by atoms with Crippen LogP contribution in [0.2, 0.25) is 0 Å². The number of benzene rings is 1. The van der Waals surface area contributed by atoms with Gasteiger partial charge in [-0.15, -0.1) is 0 Å². The summed E-state index contributed by atoms with van der Waals surface area (Å²) in [7, 11) is 0. The minimum absolute atomic E-state index is 0.612. The van der Waals surface area contributed by atoms with E-state index in [1.165, 1.54) is 0 Å². The molecular weight excluding hydrogens is 262 g/mol. The van der Waals surface area contributed by atoms with Gasteiger partial charge in [0.25, 0.3) is 0 Å². The van der Waals surface area contributed by atoms with E-state index >= 15 is 0 Å². The average molecular weight is 275 g/mol. The van der Waals surface area contributed by atoms with Crippen molar-refractivity contribution in [3.8, 4) is 0 Å². The molecule has 0 atom stereocenters. The predicted octanol–water partition coefficient (Wildman–Crippen LogP) is 4.53. The van der Waals surface area contributed by atoms with Crippen LogP contribution >= 0.6 is 15.9 Å². The maximum Gasteiger partial charge on any atom is 0.248 e. The summed E-state index contributed by atoms with van der Waals surface area (Å²) in [5.74, 6) is 0. The molecule has 1 aromatic carbocycles. The summed E-state index contributed by atoms with van der Waals surface area (Å²) in [6.45, 7) is 0. The molecule has 1 aliphatic carbocycles. The molecule has 1 fully saturated rings. The zero-order valence-corrected chi connectivity index (χ0v) is 9.94. The Morgan fingerprint density at radius 3 is 2.40 bits per heavy atom. The van der Waals surface area contributed by atoms with Gasteiger partial charge in [0.05, 0.1) is 5.41 Å². The maximum absolute atomic E-state index is 13.2. The normalized spacial score (nSPS) is 19.7. The van der Waals surface area contributed by atoms with Crippen LogP contribution in [0.3, 0.4) is 0 Å². The van der Waals surface area contributed by atoms with Gasteiger partial charge >= 0.3 is 0 Å². The first-order chi connectivity index (χ1) is 7.15. The first kappa shape index (κ1) is 11.1. The molecule has 0 bridgehead atoms. The van der Waals surface area contributed by atoms with E-state index in [0.717, 1.165) is 22.9 Å². The lowest BCUT2D eigenvalue weighted by Crippen LogP contribution is -2.31. The molecule has 1 saturated carbocycles. The van der Waals surface area contributed by atoms with Crippen molar-refractivity contribution in [2.75, 3.05) is 0 Å². The maximum atomic E-state index is 13.2. The summed E-state index contributed by atoms with van der Waals surface area (Å²) in [5, 5.41) is 0. The van der Waals surface area contributed by atoms with Gasteiger partial charge in [0.15, 0.2) is 0 Å². The Bertz CT molecular complexity index is 343. The lowest BCUT2D eigenvalue weighted by Gasteiger charge is -2.28. The first-order valence-electron chi connectivity index (χ1n) is 5.19. The Labute approximate surface area is 96.8 Å². The van der Waals surface area contributed by atoms with Crippen LogP contribution in [0.4, 0.5) is 8.78 Å². The quantitative estimate of drug-likeness (QED) is 0.744. The molecule has 0 aliphatic heterocycles. The van der Waals surface area contributed by atoms with Crippen LogP contribution in [0.25, 0.3) is 0 Å². The minimum Gasteiger partial charge on any atom is -0.210 e. The summed E-state index contributed by atoms with van der Waals surface area (Å²) >= 11 is 3.34. The topological polar surface area (TPSA) is 0 Å². The Hall–Kier alpha value is -0.440. The summed E-state index contributed by atoms with van der Waals surface area (Å²) < 4.78 is 27.3. The van der Waals surface area contributed by atoms with Crippen molar-refractivity contribution in [1.82, 2.24) is 0 Å². The van der Waals surface area contributed by atoms with Crippen LogP contribution < -0.4 is 0 Å². The highest BCUT2D eigenvalue weighted by Gasteiger charge is 2.43. The average Bonchev–Trinajstić information content (AvgIpc) is 2.67. The molecule has 3 heteroatoms. The highest BCUT2D eigenvalue weighted by Crippen LogP contribution is 2.45. The van der Waals surface area contributed by atoms with Crippen LogP contribution in [0.15, 0.2) is 28.7 Å². The van der Waals surface area contributed by atoms with Gasteiger partial charge in [-0.3, -0.25) is 0 Å². The van der Waals surface area contributed by atoms with Gasteiger partial charge < -0.3 is 0 Å². The van der Waals surface area contributed by atoms with E-state index in [1.54, 1.807) is 0 Å². The third-order valence-corrected chi connectivity index (χ3v) is 3.81. The molecule has 0 aromatic heterocycles. The molecule has 0 nitrogen and oxygen atoms in total. The van der Waals surface area contributed by atoms with Crippen molar-refractivity contribution in [1.29, 1.82) is 0 Å². The van der Waals surface area contributed by atoms with Gasteiger partial charge in [0, 0.05) is 4.47 Å². The number of alkyl halides is 2. The van der Waals surface area contributed by atoms with Crippen LogP contribution in [-0.4, -0.2) is 6.43 Å². The Morgan fingerprint density at radius 1 is 1.20 bits per heavy atom. The molecule has 0 unspecified atom stereocenters. The first-order valence-corrected chi connectivity index (χ1v) is 5.99. The second-order valence-corrected chi connectivity index (χ2v) is 5.09. The van der Waals surface area contributed by atoms with Crippen molar-refractivity contribution in [3.05, 3.63) is 34.3 Å². The number of hydrogen-bond donors (Lipinski definition) is 0. The summed E-state index contributed by atoms with van der Waals surface area (Å²) in [6.07, 6.45) is 0.796. The van der Waals surface area contributed by atoms with Crippen LogP contribution in [0.5, 0.6) is 0 Å². The van der Waals surface area contributed by atoms with Crippen molar-refractivity contribution in [3.63, 3.8) is 0 Å². The fraction of sp³-hybridized carbons (Fsp3) is 0.500. The summed E-state index contributed by atoms with van der Waals surface area (Å²) in [4.78, 5) is 0. The summed E-state index contributed by atoms with van der Waals surface area (Å²) in [5.41, 5.74) is -0.103. The second kappa shape index (κ2) is 4.20. The Balaban J connectivity index is 2.41. The van der Waals surface area contributed by atoms with Crippen molar-refractivity contribution in [2.24, 2.45) is 0 Å². The number of hydrogen-bond acceptors (Lipinski definition) is 0. The van der Waals surface area contributed by atoms with Gasteiger partial charge in [0.1, 0.15) is 0 Å². The molecule has 82 valence electrons. The fourth-order valence-corrected chi connectivity index (χ4v) is 2.84. The molecule has 2 rings (SSSR count). The van der Waals surface area contributed by atoms with Crippen molar-refractivity contribution in [2.45, 2.75) is 37.5 Å². The Morgan fingerprint density at radius 2 is 1.87 bits per heavy atom. The molecular formula is C12H13BrF2. The smallest absolute Gasteiger partial charge is 0.210 e. The van der Waals surface area contributed by atoms with Gasteiger partial charge in [-0.05, 0) is 30.5 Å². The van der Waals surface area contributed by atoms with E-state index in [4.69, 9.17) is 0 Å². The van der Waals surface area contributed by atoms with Crippen LogP contribution in [0, 0.1) is 0 Å². The lowest BCUT2D eigenvalue weighted by atomic mass is 9.79. The molecule has 15 heavy (non-hydrogen) atoms. The predicted molar refractivity (Wildman–Crippen MR) is 60.3 cm³/mol. The molecule has 0 amide bonds. The number of halogens is 3. The van der Waals surface area contributed by atoms with Crippen LogP contribution in [-0.2, 0) is 5.41 Å². The van der Waals surface area contributed by atoms with E-state index in [1.807, 2.05) is 24.3 Å². The number of rotatable bonds is 2. The van der Waals surface area contributed by atoms with Crippen LogP contribution in [0.1, 0.15) is 31.2 Å². The van der Waals surface area contributed by atoms with E-state index in [0.29, 0.717) is 12.8 Å². The zero-order valence-electron chi connectivity index (χ0n) is 8.35. The molecule has 1 aromatic rings. The van der Waals surface area contributed by atoms with Crippen molar-refractivity contribution < 1.29 is 8.78 Å². The molecule has 0 saturated heterocycles. The molecule has 1 aliphatic rings. The van der Waals surface area contributed by atoms with E-state index < -0.39 is 11.8 Å². The SMILES string of the molecule is FC(F)C1(c2cccc(Br)c2)CCCC1. The third-order valence-electron chi connectivity index (χ3n) is 3.31. The van der Waals surface area contributed by atoms with E-state index in [2.05, 4.69) is 15.9 Å². The highest BCUT2D eigenvalue weighted by molar-refractivity contribution is 9.10. The monoisotopic (exact) mass is 274 g/mol. The van der Waals surface area contributed by atoms with Gasteiger partial charge in [-0.2, -0.15) is 0 Å². The third kappa shape index (κ3) is 1.94. The molecule has 0 spiro atoms. The van der Waals surface area contributed by atoms with E-state index in [-0.39, 0.29) is 0 Å². The van der Waals surface area contributed by atoms with E-state index in [9.17, 15) is 8.78 Å². The Kier molecular flexibility index (Phi) is 3.10. The molecule has 0 heterocycles. The summed E-state index contributed by atoms with van der Waals surface area (Å²) in [6, 6.07) is 7.36. The second-order valence-electron chi connectivity index (χ2n) is 4.17. The van der Waals surface area contributed by atoms with Gasteiger partial charge in [0.2, 0.25) is 6.43 Å². The standard InChI is InChI=1S/C12H13BrF2/c13-10-5-3-4-9(8-10)12(11(14)15)6-1-2-7-12/h3-5,8,11H,1-2,6-7H2. The minimum atomic E-state index is -2.26. The molecule has 0 N–H and O–H groups in total. The van der Waals surface area contributed by atoms with Gasteiger partial charge in [-0.25, -0.2) is 8.78 Å². The lowest BCUT2D eigenvalue weighted by molar-refractivity contribution is 0.0521. The largest absolute Gasteiger partial charge is 0.248 e.